The minimum absolute atomic E-state index is 0.778. The number of aryl methyl sites for hydroxylation is 2. The Morgan fingerprint density at radius 3 is 2.55 bits per heavy atom. The average Bonchev–Trinajstić information content (AvgIpc) is 2.79. The number of thioether (sulfide) groups is 1. The molecule has 3 aromatic rings. The summed E-state index contributed by atoms with van der Waals surface area (Å²) >= 11 is 7.73. The van der Waals surface area contributed by atoms with Gasteiger partial charge in [0.1, 0.15) is 5.03 Å². The number of pyridine rings is 1. The first-order valence-corrected chi connectivity index (χ1v) is 8.79. The summed E-state index contributed by atoms with van der Waals surface area (Å²) in [5, 5.41) is 3.19. The predicted octanol–water partition coefficient (Wildman–Crippen LogP) is 5.62. The molecular weight excluding hydrogens is 312 g/mol. The summed E-state index contributed by atoms with van der Waals surface area (Å²) in [5.74, 6) is 0.899. The molecule has 0 bridgehead atoms. The van der Waals surface area contributed by atoms with Crippen LogP contribution < -0.4 is 0 Å². The summed E-state index contributed by atoms with van der Waals surface area (Å²) in [7, 11) is 0. The van der Waals surface area contributed by atoms with E-state index in [1.54, 1.807) is 11.8 Å². The number of aromatic nitrogens is 2. The summed E-state index contributed by atoms with van der Waals surface area (Å²) in [6.07, 6.45) is 1.92. The van der Waals surface area contributed by atoms with Crippen LogP contribution in [-0.2, 0) is 12.3 Å². The van der Waals surface area contributed by atoms with Crippen molar-refractivity contribution in [1.29, 1.82) is 0 Å². The van der Waals surface area contributed by atoms with Crippen molar-refractivity contribution in [3.8, 4) is 0 Å². The lowest BCUT2D eigenvalue weighted by Gasteiger charge is -2.08. The third-order valence-electron chi connectivity index (χ3n) is 4.12. The van der Waals surface area contributed by atoms with E-state index in [0.29, 0.717) is 0 Å². The summed E-state index contributed by atoms with van der Waals surface area (Å²) < 4.78 is 2.36. The fourth-order valence-electron chi connectivity index (χ4n) is 2.80. The van der Waals surface area contributed by atoms with Gasteiger partial charge in [-0.3, -0.25) is 0 Å². The van der Waals surface area contributed by atoms with Crippen molar-refractivity contribution in [2.75, 3.05) is 0 Å². The van der Waals surface area contributed by atoms with Gasteiger partial charge in [-0.2, -0.15) is 0 Å². The van der Waals surface area contributed by atoms with Crippen molar-refractivity contribution in [1.82, 2.24) is 9.55 Å². The average molecular weight is 331 g/mol. The molecule has 0 aliphatic carbocycles. The highest BCUT2D eigenvalue weighted by molar-refractivity contribution is 7.98. The van der Waals surface area contributed by atoms with Gasteiger partial charge < -0.3 is 4.57 Å². The Labute approximate surface area is 140 Å². The highest BCUT2D eigenvalue weighted by Crippen LogP contribution is 2.33. The topological polar surface area (TPSA) is 17.8 Å². The molecule has 0 radical (unpaired) electrons. The number of nitrogens with zero attached hydrogens (tertiary/aromatic N) is 2. The molecule has 2 nitrogen and oxygen atoms in total. The summed E-state index contributed by atoms with van der Waals surface area (Å²) in [6, 6.07) is 10.1. The van der Waals surface area contributed by atoms with E-state index < -0.39 is 0 Å². The molecule has 0 atom stereocenters. The molecule has 0 aliphatic rings. The molecule has 0 amide bonds. The van der Waals surface area contributed by atoms with Gasteiger partial charge in [0.2, 0.25) is 0 Å². The SMILES string of the molecule is CCn1c(C)c(C)c2ccnc(SCc3ccc(Cl)cc3)c21. The largest absolute Gasteiger partial charge is 0.343 e. The lowest BCUT2D eigenvalue weighted by Crippen LogP contribution is -1.98. The van der Waals surface area contributed by atoms with Gasteiger partial charge in [-0.15, -0.1) is 0 Å². The maximum absolute atomic E-state index is 5.94. The van der Waals surface area contributed by atoms with E-state index >= 15 is 0 Å². The first-order chi connectivity index (χ1) is 10.6. The van der Waals surface area contributed by atoms with E-state index in [1.807, 2.05) is 18.3 Å². The third kappa shape index (κ3) is 2.75. The Morgan fingerprint density at radius 1 is 1.14 bits per heavy atom. The van der Waals surface area contributed by atoms with Gasteiger partial charge in [-0.25, -0.2) is 4.98 Å². The van der Waals surface area contributed by atoms with E-state index in [2.05, 4.69) is 48.5 Å². The Balaban J connectivity index is 1.97. The van der Waals surface area contributed by atoms with Crippen LogP contribution in [0.15, 0.2) is 41.6 Å². The van der Waals surface area contributed by atoms with Gasteiger partial charge in [0.25, 0.3) is 0 Å². The van der Waals surface area contributed by atoms with Gasteiger partial charge in [-0.05, 0) is 50.1 Å². The van der Waals surface area contributed by atoms with E-state index in [4.69, 9.17) is 11.6 Å². The van der Waals surface area contributed by atoms with Crippen LogP contribution in [0.3, 0.4) is 0 Å². The number of rotatable bonds is 4. The maximum Gasteiger partial charge on any atom is 0.121 e. The molecule has 2 heterocycles. The fourth-order valence-corrected chi connectivity index (χ4v) is 3.91. The van der Waals surface area contributed by atoms with Crippen LogP contribution in [0.5, 0.6) is 0 Å². The lowest BCUT2D eigenvalue weighted by molar-refractivity contribution is 0.757. The zero-order valence-corrected chi connectivity index (χ0v) is 14.6. The number of hydrogen-bond donors (Lipinski definition) is 0. The van der Waals surface area contributed by atoms with E-state index in [9.17, 15) is 0 Å². The minimum Gasteiger partial charge on any atom is -0.343 e. The lowest BCUT2D eigenvalue weighted by atomic mass is 10.2. The highest BCUT2D eigenvalue weighted by Gasteiger charge is 2.14. The fraction of sp³-hybridized carbons (Fsp3) is 0.278. The van der Waals surface area contributed by atoms with Crippen LogP contribution in [0.25, 0.3) is 10.9 Å². The number of benzene rings is 1. The summed E-state index contributed by atoms with van der Waals surface area (Å²) in [6.45, 7) is 7.53. The Bertz CT molecular complexity index is 806. The molecular formula is C18H19ClN2S. The first-order valence-electron chi connectivity index (χ1n) is 7.43. The number of fused-ring (bicyclic) bond motifs is 1. The standard InChI is InChI=1S/C18H19ClN2S/c1-4-21-13(3)12(2)16-9-10-20-18(17(16)21)22-11-14-5-7-15(19)8-6-14/h5-10H,4,11H2,1-3H3. The number of hydrogen-bond acceptors (Lipinski definition) is 2. The molecule has 0 aliphatic heterocycles. The molecule has 0 fully saturated rings. The quantitative estimate of drug-likeness (QED) is 0.578. The molecule has 0 unspecified atom stereocenters. The summed E-state index contributed by atoms with van der Waals surface area (Å²) in [5.41, 5.74) is 5.21. The molecule has 0 saturated heterocycles. The second-order valence-electron chi connectivity index (χ2n) is 5.38. The van der Waals surface area contributed by atoms with Crippen LogP contribution in [0.4, 0.5) is 0 Å². The molecule has 1 aromatic carbocycles. The number of halogens is 1. The minimum atomic E-state index is 0.778. The smallest absolute Gasteiger partial charge is 0.121 e. The van der Waals surface area contributed by atoms with Gasteiger partial charge in [0.05, 0.1) is 5.52 Å². The molecule has 0 N–H and O–H groups in total. The molecule has 4 heteroatoms. The van der Waals surface area contributed by atoms with Crippen LogP contribution >= 0.6 is 23.4 Å². The Kier molecular flexibility index (Phi) is 4.46. The van der Waals surface area contributed by atoms with Crippen molar-refractivity contribution in [3.63, 3.8) is 0 Å². The maximum atomic E-state index is 5.94. The molecule has 2 aromatic heterocycles. The van der Waals surface area contributed by atoms with Gasteiger partial charge in [0, 0.05) is 34.6 Å². The van der Waals surface area contributed by atoms with Crippen molar-refractivity contribution < 1.29 is 0 Å². The van der Waals surface area contributed by atoms with Gasteiger partial charge in [0.15, 0.2) is 0 Å². The van der Waals surface area contributed by atoms with Crippen molar-refractivity contribution in [2.45, 2.75) is 38.1 Å². The molecule has 114 valence electrons. The Hall–Kier alpha value is -1.45. The van der Waals surface area contributed by atoms with E-state index in [1.165, 1.54) is 27.7 Å². The van der Waals surface area contributed by atoms with E-state index in [0.717, 1.165) is 22.3 Å². The Morgan fingerprint density at radius 2 is 1.86 bits per heavy atom. The van der Waals surface area contributed by atoms with Crippen molar-refractivity contribution >= 4 is 34.3 Å². The zero-order chi connectivity index (χ0) is 15.7. The van der Waals surface area contributed by atoms with Crippen LogP contribution in [0, 0.1) is 13.8 Å². The van der Waals surface area contributed by atoms with Crippen LogP contribution in [0.2, 0.25) is 5.02 Å². The molecule has 3 rings (SSSR count). The second kappa shape index (κ2) is 6.35. The van der Waals surface area contributed by atoms with E-state index in [-0.39, 0.29) is 0 Å². The summed E-state index contributed by atoms with van der Waals surface area (Å²) in [4.78, 5) is 4.62. The molecule has 0 spiro atoms. The van der Waals surface area contributed by atoms with Gasteiger partial charge in [-0.1, -0.05) is 35.5 Å². The van der Waals surface area contributed by atoms with Gasteiger partial charge >= 0.3 is 0 Å². The second-order valence-corrected chi connectivity index (χ2v) is 6.78. The third-order valence-corrected chi connectivity index (χ3v) is 5.42. The van der Waals surface area contributed by atoms with Crippen LogP contribution in [-0.4, -0.2) is 9.55 Å². The normalized spacial score (nSPS) is 11.3. The predicted molar refractivity (Wildman–Crippen MR) is 95.9 cm³/mol. The molecule has 0 saturated carbocycles. The first kappa shape index (κ1) is 15.4. The zero-order valence-electron chi connectivity index (χ0n) is 13.1. The van der Waals surface area contributed by atoms with Crippen LogP contribution in [0.1, 0.15) is 23.7 Å². The monoisotopic (exact) mass is 330 g/mol. The highest BCUT2D eigenvalue weighted by atomic mass is 35.5. The van der Waals surface area contributed by atoms with Crippen molar-refractivity contribution in [3.05, 3.63) is 58.4 Å². The van der Waals surface area contributed by atoms with Crippen molar-refractivity contribution in [2.24, 2.45) is 0 Å². The molecule has 22 heavy (non-hydrogen) atoms.